The Balaban J connectivity index is 1.77. The average molecular weight is 326 g/mol. The van der Waals surface area contributed by atoms with Gasteiger partial charge in [0.05, 0.1) is 0 Å². The van der Waals surface area contributed by atoms with Crippen LogP contribution in [0.25, 0.3) is 0 Å². The number of amides is 1. The molecule has 2 N–H and O–H groups in total. The van der Waals surface area contributed by atoms with Gasteiger partial charge in [-0.25, -0.2) is 9.97 Å². The molecule has 126 valence electrons. The second-order valence-corrected chi connectivity index (χ2v) is 6.28. The SMILES string of the molecule is Cc1cc(N)nc([C@@]2(C)CCCN2C(=O)COc2ccccc2)n1. The van der Waals surface area contributed by atoms with Gasteiger partial charge in [-0.1, -0.05) is 18.2 Å². The van der Waals surface area contributed by atoms with E-state index >= 15 is 0 Å². The zero-order chi connectivity index (χ0) is 17.2. The molecule has 0 radical (unpaired) electrons. The van der Waals surface area contributed by atoms with Crippen LogP contribution >= 0.6 is 0 Å². The summed E-state index contributed by atoms with van der Waals surface area (Å²) in [7, 11) is 0. The zero-order valence-corrected chi connectivity index (χ0v) is 14.0. The second kappa shape index (κ2) is 6.47. The van der Waals surface area contributed by atoms with Gasteiger partial charge in [-0.05, 0) is 38.8 Å². The van der Waals surface area contributed by atoms with Gasteiger partial charge < -0.3 is 15.4 Å². The van der Waals surface area contributed by atoms with E-state index in [1.165, 1.54) is 0 Å². The minimum absolute atomic E-state index is 0.000894. The molecule has 1 aromatic heterocycles. The predicted octanol–water partition coefficient (Wildman–Crippen LogP) is 2.28. The van der Waals surface area contributed by atoms with Crippen molar-refractivity contribution in [1.29, 1.82) is 0 Å². The number of hydrogen-bond acceptors (Lipinski definition) is 5. The van der Waals surface area contributed by atoms with Crippen molar-refractivity contribution < 1.29 is 9.53 Å². The molecule has 0 saturated carbocycles. The number of rotatable bonds is 4. The number of para-hydroxylation sites is 1. The third-order valence-corrected chi connectivity index (χ3v) is 4.40. The van der Waals surface area contributed by atoms with E-state index in [1.807, 2.05) is 49.1 Å². The van der Waals surface area contributed by atoms with E-state index in [2.05, 4.69) is 9.97 Å². The fourth-order valence-corrected chi connectivity index (χ4v) is 3.17. The molecule has 3 rings (SSSR count). The molecule has 6 heteroatoms. The number of aromatic nitrogens is 2. The second-order valence-electron chi connectivity index (χ2n) is 6.28. The molecular weight excluding hydrogens is 304 g/mol. The molecule has 0 bridgehead atoms. The lowest BCUT2D eigenvalue weighted by atomic mass is 9.97. The first-order chi connectivity index (χ1) is 11.5. The van der Waals surface area contributed by atoms with Crippen molar-refractivity contribution in [2.75, 3.05) is 18.9 Å². The van der Waals surface area contributed by atoms with Gasteiger partial charge in [0.1, 0.15) is 17.1 Å². The van der Waals surface area contributed by atoms with E-state index in [4.69, 9.17) is 10.5 Å². The number of likely N-dealkylation sites (tertiary alicyclic amines) is 1. The lowest BCUT2D eigenvalue weighted by Crippen LogP contribution is -2.46. The van der Waals surface area contributed by atoms with E-state index in [9.17, 15) is 4.79 Å². The summed E-state index contributed by atoms with van der Waals surface area (Å²) in [6.45, 7) is 4.55. The van der Waals surface area contributed by atoms with Crippen LogP contribution in [0.3, 0.4) is 0 Å². The Morgan fingerprint density at radius 3 is 2.79 bits per heavy atom. The molecule has 1 fully saturated rings. The van der Waals surface area contributed by atoms with Crippen LogP contribution in [0.2, 0.25) is 0 Å². The van der Waals surface area contributed by atoms with Crippen molar-refractivity contribution >= 4 is 11.7 Å². The highest BCUT2D eigenvalue weighted by Crippen LogP contribution is 2.37. The maximum Gasteiger partial charge on any atom is 0.261 e. The summed E-state index contributed by atoms with van der Waals surface area (Å²) < 4.78 is 5.60. The molecule has 1 amide bonds. The number of nitrogen functional groups attached to an aromatic ring is 1. The van der Waals surface area contributed by atoms with Crippen LogP contribution in [-0.2, 0) is 10.3 Å². The molecular formula is C18H22N4O2. The van der Waals surface area contributed by atoms with Crippen LogP contribution in [0.15, 0.2) is 36.4 Å². The summed E-state index contributed by atoms with van der Waals surface area (Å²) in [6.07, 6.45) is 1.72. The van der Waals surface area contributed by atoms with Crippen molar-refractivity contribution in [2.24, 2.45) is 0 Å². The van der Waals surface area contributed by atoms with Crippen molar-refractivity contribution in [3.05, 3.63) is 47.9 Å². The van der Waals surface area contributed by atoms with Gasteiger partial charge in [0.15, 0.2) is 12.4 Å². The summed E-state index contributed by atoms with van der Waals surface area (Å²) in [4.78, 5) is 23.4. The fraction of sp³-hybridized carbons (Fsp3) is 0.389. The van der Waals surface area contributed by atoms with Gasteiger partial charge in [-0.15, -0.1) is 0 Å². The Kier molecular flexibility index (Phi) is 4.38. The number of hydrogen-bond donors (Lipinski definition) is 1. The summed E-state index contributed by atoms with van der Waals surface area (Å²) in [6, 6.07) is 11.1. The minimum Gasteiger partial charge on any atom is -0.484 e. The monoisotopic (exact) mass is 326 g/mol. The van der Waals surface area contributed by atoms with Crippen LogP contribution in [-0.4, -0.2) is 33.9 Å². The Bertz CT molecular complexity index is 715. The van der Waals surface area contributed by atoms with Crippen LogP contribution in [0.1, 0.15) is 31.3 Å². The predicted molar refractivity (Wildman–Crippen MR) is 91.4 cm³/mol. The van der Waals surface area contributed by atoms with Crippen LogP contribution in [0.4, 0.5) is 5.82 Å². The largest absolute Gasteiger partial charge is 0.484 e. The molecule has 1 saturated heterocycles. The Morgan fingerprint density at radius 2 is 2.08 bits per heavy atom. The zero-order valence-electron chi connectivity index (χ0n) is 14.0. The van der Waals surface area contributed by atoms with Gasteiger partial charge in [0.2, 0.25) is 0 Å². The van der Waals surface area contributed by atoms with E-state index in [0.717, 1.165) is 18.5 Å². The lowest BCUT2D eigenvalue weighted by molar-refractivity contribution is -0.137. The van der Waals surface area contributed by atoms with Crippen molar-refractivity contribution in [3.63, 3.8) is 0 Å². The molecule has 1 atom stereocenters. The van der Waals surface area contributed by atoms with Gasteiger partial charge in [0, 0.05) is 18.3 Å². The highest BCUT2D eigenvalue weighted by atomic mass is 16.5. The number of ether oxygens (including phenoxy) is 1. The standard InChI is InChI=1S/C18H22N4O2/c1-13-11-15(19)21-17(20-13)18(2)9-6-10-22(18)16(23)12-24-14-7-4-3-5-8-14/h3-5,7-8,11H,6,9-10,12H2,1-2H3,(H2,19,20,21)/t18-/m1/s1. The van der Waals surface area contributed by atoms with E-state index < -0.39 is 5.54 Å². The number of anilines is 1. The molecule has 2 aromatic rings. The lowest BCUT2D eigenvalue weighted by Gasteiger charge is -2.34. The molecule has 6 nitrogen and oxygen atoms in total. The number of nitrogens with two attached hydrogens (primary N) is 1. The minimum atomic E-state index is -0.544. The van der Waals surface area contributed by atoms with Crippen molar-refractivity contribution in [3.8, 4) is 5.75 Å². The normalized spacial score (nSPS) is 20.2. The van der Waals surface area contributed by atoms with Gasteiger partial charge in [0.25, 0.3) is 5.91 Å². The number of aryl methyl sites for hydroxylation is 1. The van der Waals surface area contributed by atoms with Crippen LogP contribution in [0, 0.1) is 6.92 Å². The average Bonchev–Trinajstić information content (AvgIpc) is 2.96. The molecule has 1 aliphatic heterocycles. The maximum atomic E-state index is 12.7. The molecule has 24 heavy (non-hydrogen) atoms. The quantitative estimate of drug-likeness (QED) is 0.932. The Labute approximate surface area is 141 Å². The van der Waals surface area contributed by atoms with E-state index in [0.29, 0.717) is 23.9 Å². The first-order valence-corrected chi connectivity index (χ1v) is 8.09. The molecule has 0 unspecified atom stereocenters. The van der Waals surface area contributed by atoms with Crippen LogP contribution < -0.4 is 10.5 Å². The third-order valence-electron chi connectivity index (χ3n) is 4.40. The summed E-state index contributed by atoms with van der Waals surface area (Å²) in [5.41, 5.74) is 6.12. The molecule has 0 aliphatic carbocycles. The van der Waals surface area contributed by atoms with Gasteiger partial charge in [-0.3, -0.25) is 4.79 Å². The maximum absolute atomic E-state index is 12.7. The molecule has 1 aromatic carbocycles. The number of carbonyl (C=O) groups is 1. The smallest absolute Gasteiger partial charge is 0.261 e. The van der Waals surface area contributed by atoms with Gasteiger partial charge >= 0.3 is 0 Å². The summed E-state index contributed by atoms with van der Waals surface area (Å²) >= 11 is 0. The summed E-state index contributed by atoms with van der Waals surface area (Å²) in [5, 5.41) is 0. The number of benzene rings is 1. The number of nitrogens with zero attached hydrogens (tertiary/aromatic N) is 3. The topological polar surface area (TPSA) is 81.3 Å². The number of carbonyl (C=O) groups excluding carboxylic acids is 1. The Morgan fingerprint density at radius 1 is 1.33 bits per heavy atom. The van der Waals surface area contributed by atoms with Crippen molar-refractivity contribution in [1.82, 2.24) is 14.9 Å². The first-order valence-electron chi connectivity index (χ1n) is 8.09. The Hall–Kier alpha value is -2.63. The first kappa shape index (κ1) is 16.2. The highest BCUT2D eigenvalue weighted by molar-refractivity contribution is 5.79. The van der Waals surface area contributed by atoms with Crippen molar-refractivity contribution in [2.45, 2.75) is 32.2 Å². The fourth-order valence-electron chi connectivity index (χ4n) is 3.17. The van der Waals surface area contributed by atoms with E-state index in [-0.39, 0.29) is 12.5 Å². The van der Waals surface area contributed by atoms with Gasteiger partial charge in [-0.2, -0.15) is 0 Å². The molecule has 1 aliphatic rings. The highest BCUT2D eigenvalue weighted by Gasteiger charge is 2.43. The van der Waals surface area contributed by atoms with E-state index in [1.54, 1.807) is 6.07 Å². The third kappa shape index (κ3) is 3.18. The van der Waals surface area contributed by atoms with Crippen LogP contribution in [0.5, 0.6) is 5.75 Å². The summed E-state index contributed by atoms with van der Waals surface area (Å²) in [5.74, 6) is 1.65. The molecule has 0 spiro atoms. The molecule has 2 heterocycles.